The molecule has 2 aromatic heterocycles. The standard InChI is InChI=1S/C17H20N2O5/c1-11-12(18-15(24-11)13-6-5-9-23-13)10-14(20)19-17(16(21)22)7-3-2-4-8-17/h5-6,9H,2-4,7-8,10H2,1H3,(H,19,20)(H,21,22). The van der Waals surface area contributed by atoms with Gasteiger partial charge in [0.25, 0.3) is 5.89 Å². The lowest BCUT2D eigenvalue weighted by molar-refractivity contribution is -0.149. The fourth-order valence-corrected chi connectivity index (χ4v) is 3.11. The first kappa shape index (κ1) is 16.3. The number of carboxylic acid groups (broad SMARTS) is 1. The number of carbonyl (C=O) groups is 2. The summed E-state index contributed by atoms with van der Waals surface area (Å²) in [4.78, 5) is 28.3. The Hall–Kier alpha value is -2.57. The van der Waals surface area contributed by atoms with Gasteiger partial charge in [-0.1, -0.05) is 19.3 Å². The maximum absolute atomic E-state index is 12.4. The Morgan fingerprint density at radius 3 is 2.71 bits per heavy atom. The fourth-order valence-electron chi connectivity index (χ4n) is 3.11. The van der Waals surface area contributed by atoms with Crippen LogP contribution in [0.4, 0.5) is 0 Å². The largest absolute Gasteiger partial charge is 0.480 e. The molecule has 2 heterocycles. The summed E-state index contributed by atoms with van der Waals surface area (Å²) in [6.07, 6.45) is 5.02. The lowest BCUT2D eigenvalue weighted by Crippen LogP contribution is -2.56. The van der Waals surface area contributed by atoms with Crippen molar-refractivity contribution < 1.29 is 23.5 Å². The van der Waals surface area contributed by atoms with Gasteiger partial charge in [-0.25, -0.2) is 9.78 Å². The molecule has 24 heavy (non-hydrogen) atoms. The highest BCUT2D eigenvalue weighted by atomic mass is 16.4. The molecule has 2 N–H and O–H groups in total. The second kappa shape index (κ2) is 6.51. The highest BCUT2D eigenvalue weighted by Gasteiger charge is 2.41. The van der Waals surface area contributed by atoms with Gasteiger partial charge in [-0.15, -0.1) is 0 Å². The number of furan rings is 1. The van der Waals surface area contributed by atoms with E-state index in [4.69, 9.17) is 8.83 Å². The number of carboxylic acids is 1. The van der Waals surface area contributed by atoms with Crippen LogP contribution in [0.15, 0.2) is 27.2 Å². The van der Waals surface area contributed by atoms with Crippen LogP contribution < -0.4 is 5.32 Å². The van der Waals surface area contributed by atoms with Gasteiger partial charge in [-0.3, -0.25) is 4.79 Å². The minimum absolute atomic E-state index is 0.0227. The normalized spacial score (nSPS) is 16.7. The lowest BCUT2D eigenvalue weighted by atomic mass is 9.81. The summed E-state index contributed by atoms with van der Waals surface area (Å²) in [6.45, 7) is 1.72. The molecule has 0 radical (unpaired) electrons. The van der Waals surface area contributed by atoms with Gasteiger partial charge < -0.3 is 19.3 Å². The van der Waals surface area contributed by atoms with Gasteiger partial charge in [0.2, 0.25) is 5.91 Å². The zero-order chi connectivity index (χ0) is 17.2. The fraction of sp³-hybridized carbons (Fsp3) is 0.471. The molecule has 0 unspecified atom stereocenters. The zero-order valence-corrected chi connectivity index (χ0v) is 13.5. The molecule has 2 aromatic rings. The first-order chi connectivity index (χ1) is 11.5. The van der Waals surface area contributed by atoms with Gasteiger partial charge in [-0.05, 0) is 31.9 Å². The van der Waals surface area contributed by atoms with Crippen LogP contribution in [-0.4, -0.2) is 27.5 Å². The predicted octanol–water partition coefficient (Wildman–Crippen LogP) is 2.69. The molecule has 1 fully saturated rings. The first-order valence-corrected chi connectivity index (χ1v) is 8.05. The van der Waals surface area contributed by atoms with Crippen LogP contribution in [-0.2, 0) is 16.0 Å². The number of aliphatic carboxylic acids is 1. The average Bonchev–Trinajstić information content (AvgIpc) is 3.18. The number of rotatable bonds is 5. The maximum atomic E-state index is 12.4. The van der Waals surface area contributed by atoms with Gasteiger partial charge >= 0.3 is 5.97 Å². The minimum Gasteiger partial charge on any atom is -0.480 e. The molecule has 0 saturated heterocycles. The lowest BCUT2D eigenvalue weighted by Gasteiger charge is -2.33. The van der Waals surface area contributed by atoms with E-state index in [1.165, 1.54) is 6.26 Å². The van der Waals surface area contributed by atoms with E-state index in [2.05, 4.69) is 10.3 Å². The summed E-state index contributed by atoms with van der Waals surface area (Å²) < 4.78 is 10.7. The molecule has 1 aliphatic carbocycles. The number of oxazole rings is 1. The third-order valence-corrected chi connectivity index (χ3v) is 4.45. The second-order valence-corrected chi connectivity index (χ2v) is 6.17. The van der Waals surface area contributed by atoms with E-state index in [-0.39, 0.29) is 12.3 Å². The molecule has 0 bridgehead atoms. The van der Waals surface area contributed by atoms with Crippen LogP contribution in [0.1, 0.15) is 43.6 Å². The molecular formula is C17H20N2O5. The summed E-state index contributed by atoms with van der Waals surface area (Å²) in [5, 5.41) is 12.2. The van der Waals surface area contributed by atoms with Crippen molar-refractivity contribution in [3.63, 3.8) is 0 Å². The molecule has 0 atom stereocenters. The Morgan fingerprint density at radius 2 is 2.08 bits per heavy atom. The van der Waals surface area contributed by atoms with Crippen molar-refractivity contribution in [2.24, 2.45) is 0 Å². The molecule has 7 nitrogen and oxygen atoms in total. The second-order valence-electron chi connectivity index (χ2n) is 6.17. The van der Waals surface area contributed by atoms with Crippen molar-refractivity contribution in [1.29, 1.82) is 0 Å². The van der Waals surface area contributed by atoms with Gasteiger partial charge in [0.15, 0.2) is 5.76 Å². The number of aromatic nitrogens is 1. The quantitative estimate of drug-likeness (QED) is 0.872. The number of aryl methyl sites for hydroxylation is 1. The number of hydrogen-bond acceptors (Lipinski definition) is 5. The van der Waals surface area contributed by atoms with Crippen LogP contribution in [0.3, 0.4) is 0 Å². The molecule has 0 spiro atoms. The minimum atomic E-state index is -1.16. The summed E-state index contributed by atoms with van der Waals surface area (Å²) in [5.74, 6) is -0.0140. The van der Waals surface area contributed by atoms with E-state index in [0.717, 1.165) is 19.3 Å². The van der Waals surface area contributed by atoms with Crippen molar-refractivity contribution in [3.8, 4) is 11.7 Å². The van der Waals surface area contributed by atoms with Gasteiger partial charge in [0, 0.05) is 0 Å². The third-order valence-electron chi connectivity index (χ3n) is 4.45. The Morgan fingerprint density at radius 1 is 1.33 bits per heavy atom. The van der Waals surface area contributed by atoms with Crippen LogP contribution in [0.2, 0.25) is 0 Å². The summed E-state index contributed by atoms with van der Waals surface area (Å²) in [5.41, 5.74) is -0.674. The zero-order valence-electron chi connectivity index (χ0n) is 13.5. The van der Waals surface area contributed by atoms with E-state index in [1.54, 1.807) is 19.1 Å². The number of nitrogens with one attached hydrogen (secondary N) is 1. The van der Waals surface area contributed by atoms with Crippen LogP contribution in [0.25, 0.3) is 11.7 Å². The molecule has 1 aliphatic rings. The van der Waals surface area contributed by atoms with Gasteiger partial charge in [-0.2, -0.15) is 0 Å². The number of carbonyl (C=O) groups excluding carboxylic acids is 1. The smallest absolute Gasteiger partial charge is 0.329 e. The molecule has 1 saturated carbocycles. The van der Waals surface area contributed by atoms with Gasteiger partial charge in [0.05, 0.1) is 18.4 Å². The van der Waals surface area contributed by atoms with E-state index in [9.17, 15) is 14.7 Å². The van der Waals surface area contributed by atoms with Crippen molar-refractivity contribution in [2.45, 2.75) is 51.0 Å². The molecular weight excluding hydrogens is 312 g/mol. The Balaban J connectivity index is 1.71. The Labute approximate surface area is 139 Å². The highest BCUT2D eigenvalue weighted by molar-refractivity contribution is 5.88. The first-order valence-electron chi connectivity index (χ1n) is 8.05. The summed E-state index contributed by atoms with van der Waals surface area (Å²) in [6, 6.07) is 3.44. The Kier molecular flexibility index (Phi) is 4.42. The SMILES string of the molecule is Cc1oc(-c2ccco2)nc1CC(=O)NC1(C(=O)O)CCCCC1. The number of hydrogen-bond donors (Lipinski definition) is 2. The van der Waals surface area contributed by atoms with Crippen molar-refractivity contribution >= 4 is 11.9 Å². The van der Waals surface area contributed by atoms with Crippen LogP contribution >= 0.6 is 0 Å². The van der Waals surface area contributed by atoms with Gasteiger partial charge in [0.1, 0.15) is 11.3 Å². The van der Waals surface area contributed by atoms with E-state index < -0.39 is 11.5 Å². The van der Waals surface area contributed by atoms with Crippen LogP contribution in [0, 0.1) is 6.92 Å². The summed E-state index contributed by atoms with van der Waals surface area (Å²) >= 11 is 0. The van der Waals surface area contributed by atoms with E-state index in [0.29, 0.717) is 35.9 Å². The molecule has 1 amide bonds. The number of amides is 1. The number of nitrogens with zero attached hydrogens (tertiary/aromatic N) is 1. The van der Waals surface area contributed by atoms with Crippen molar-refractivity contribution in [3.05, 3.63) is 29.9 Å². The molecule has 0 aliphatic heterocycles. The molecule has 7 heteroatoms. The molecule has 3 rings (SSSR count). The van der Waals surface area contributed by atoms with Crippen molar-refractivity contribution in [2.75, 3.05) is 0 Å². The van der Waals surface area contributed by atoms with Crippen molar-refractivity contribution in [1.82, 2.24) is 10.3 Å². The molecule has 128 valence electrons. The third kappa shape index (κ3) is 3.20. The van der Waals surface area contributed by atoms with E-state index in [1.807, 2.05) is 0 Å². The monoisotopic (exact) mass is 332 g/mol. The Bertz CT molecular complexity index is 726. The molecule has 0 aromatic carbocycles. The predicted molar refractivity (Wildman–Crippen MR) is 84.2 cm³/mol. The average molecular weight is 332 g/mol. The van der Waals surface area contributed by atoms with E-state index >= 15 is 0 Å². The van der Waals surface area contributed by atoms with Crippen LogP contribution in [0.5, 0.6) is 0 Å². The topological polar surface area (TPSA) is 106 Å². The highest BCUT2D eigenvalue weighted by Crippen LogP contribution is 2.29. The maximum Gasteiger partial charge on any atom is 0.329 e. The summed E-state index contributed by atoms with van der Waals surface area (Å²) in [7, 11) is 0.